The first-order valence-electron chi connectivity index (χ1n) is 9.51. The number of esters is 1. The fourth-order valence-electron chi connectivity index (χ4n) is 2.99. The monoisotopic (exact) mass is 490 g/mol. The minimum absolute atomic E-state index is 0.0824. The number of carbonyl (C=O) groups is 2. The number of anilines is 1. The van der Waals surface area contributed by atoms with E-state index in [1.807, 2.05) is 5.32 Å². The van der Waals surface area contributed by atoms with Crippen LogP contribution in [0.25, 0.3) is 0 Å². The lowest BCUT2D eigenvalue weighted by Crippen LogP contribution is -2.40. The first-order valence-corrected chi connectivity index (χ1v) is 10.9. The molecule has 1 heterocycles. The topological polar surface area (TPSA) is 102 Å². The molecule has 1 aliphatic heterocycles. The van der Waals surface area contributed by atoms with Gasteiger partial charge in [-0.3, -0.25) is 4.79 Å². The van der Waals surface area contributed by atoms with Crippen molar-refractivity contribution in [2.24, 2.45) is 0 Å². The number of benzene rings is 2. The maximum absolute atomic E-state index is 14.2. The molecule has 8 nitrogen and oxygen atoms in total. The highest BCUT2D eigenvalue weighted by atomic mass is 32.2. The molecule has 0 atom stereocenters. The van der Waals surface area contributed by atoms with Gasteiger partial charge in [-0.25, -0.2) is 17.6 Å². The molecule has 1 N–H and O–H groups in total. The molecule has 0 saturated carbocycles. The molecule has 0 bridgehead atoms. The molecule has 1 saturated heterocycles. The van der Waals surface area contributed by atoms with Crippen molar-refractivity contribution in [3.8, 4) is 0 Å². The number of rotatable bonds is 6. The third-order valence-corrected chi connectivity index (χ3v) is 6.50. The predicted octanol–water partition coefficient (Wildman–Crippen LogP) is 2.66. The second-order valence-electron chi connectivity index (χ2n) is 6.83. The Morgan fingerprint density at radius 3 is 2.42 bits per heavy atom. The Labute approximate surface area is 186 Å². The van der Waals surface area contributed by atoms with Crippen LogP contribution in [0.5, 0.6) is 0 Å². The quantitative estimate of drug-likeness (QED) is 0.494. The van der Waals surface area contributed by atoms with Crippen LogP contribution < -0.4 is 5.32 Å². The Bertz CT molecular complexity index is 1150. The summed E-state index contributed by atoms with van der Waals surface area (Å²) in [6, 6.07) is 6.71. The zero-order valence-electron chi connectivity index (χ0n) is 16.9. The molecule has 1 fully saturated rings. The van der Waals surface area contributed by atoms with Crippen molar-refractivity contribution in [3.05, 3.63) is 59.4 Å². The van der Waals surface area contributed by atoms with Gasteiger partial charge in [0.2, 0.25) is 10.0 Å². The zero-order valence-corrected chi connectivity index (χ0v) is 17.7. The Hall–Kier alpha value is -3.03. The minimum atomic E-state index is -4.73. The van der Waals surface area contributed by atoms with Crippen molar-refractivity contribution in [1.29, 1.82) is 0 Å². The summed E-state index contributed by atoms with van der Waals surface area (Å²) in [5.74, 6) is -3.55. The normalized spacial score (nSPS) is 15.2. The maximum atomic E-state index is 14.2. The number of amides is 1. The highest BCUT2D eigenvalue weighted by molar-refractivity contribution is 7.89. The highest BCUT2D eigenvalue weighted by Gasteiger charge is 2.33. The van der Waals surface area contributed by atoms with E-state index in [4.69, 9.17) is 4.74 Å². The summed E-state index contributed by atoms with van der Waals surface area (Å²) in [6.45, 7) is -0.493. The fourth-order valence-corrected chi connectivity index (χ4v) is 4.43. The van der Waals surface area contributed by atoms with Crippen LogP contribution in [0.2, 0.25) is 0 Å². The van der Waals surface area contributed by atoms with E-state index in [0.717, 1.165) is 40.7 Å². The molecule has 1 aliphatic rings. The molecule has 0 unspecified atom stereocenters. The molecule has 2 aromatic rings. The molecule has 13 heteroatoms. The van der Waals surface area contributed by atoms with Crippen LogP contribution in [-0.2, 0) is 30.5 Å². The first kappa shape index (κ1) is 24.6. The third kappa shape index (κ3) is 5.86. The van der Waals surface area contributed by atoms with Gasteiger partial charge in [0, 0.05) is 13.1 Å². The number of ether oxygens (including phenoxy) is 2. The van der Waals surface area contributed by atoms with Crippen molar-refractivity contribution in [2.45, 2.75) is 11.1 Å². The van der Waals surface area contributed by atoms with E-state index in [1.165, 1.54) is 6.07 Å². The SMILES string of the molecule is O=C(COC(=O)c1cc(S(=O)(=O)N2CCOCC2)ccc1F)Nc1ccccc1C(F)(F)F. The van der Waals surface area contributed by atoms with E-state index >= 15 is 0 Å². The molecule has 1 amide bonds. The number of halogens is 4. The van der Waals surface area contributed by atoms with Crippen LogP contribution in [0.3, 0.4) is 0 Å². The smallest absolute Gasteiger partial charge is 0.418 e. The zero-order chi connectivity index (χ0) is 24.2. The summed E-state index contributed by atoms with van der Waals surface area (Å²) < 4.78 is 89.5. The van der Waals surface area contributed by atoms with Gasteiger partial charge in [0.1, 0.15) is 5.82 Å². The van der Waals surface area contributed by atoms with E-state index in [1.54, 1.807) is 0 Å². The Morgan fingerprint density at radius 1 is 1.09 bits per heavy atom. The average Bonchev–Trinajstić information content (AvgIpc) is 2.78. The van der Waals surface area contributed by atoms with Gasteiger partial charge in [0.05, 0.1) is 34.9 Å². The first-order chi connectivity index (χ1) is 15.5. The number of nitrogens with zero attached hydrogens (tertiary/aromatic N) is 1. The van der Waals surface area contributed by atoms with Crippen LogP contribution in [0, 0.1) is 5.82 Å². The lowest BCUT2D eigenvalue weighted by atomic mass is 10.1. The Morgan fingerprint density at radius 2 is 1.76 bits per heavy atom. The van der Waals surface area contributed by atoms with Gasteiger partial charge in [0.25, 0.3) is 5.91 Å². The van der Waals surface area contributed by atoms with Crippen LogP contribution in [0.15, 0.2) is 47.4 Å². The number of sulfonamides is 1. The van der Waals surface area contributed by atoms with E-state index in [0.29, 0.717) is 0 Å². The van der Waals surface area contributed by atoms with Gasteiger partial charge in [0.15, 0.2) is 6.61 Å². The van der Waals surface area contributed by atoms with Gasteiger partial charge in [-0.05, 0) is 30.3 Å². The summed E-state index contributed by atoms with van der Waals surface area (Å²) in [4.78, 5) is 23.9. The summed E-state index contributed by atoms with van der Waals surface area (Å²) in [5.41, 5.74) is -2.39. The van der Waals surface area contributed by atoms with Gasteiger partial charge in [-0.2, -0.15) is 17.5 Å². The average molecular weight is 490 g/mol. The Kier molecular flexibility index (Phi) is 7.34. The third-order valence-electron chi connectivity index (χ3n) is 4.61. The van der Waals surface area contributed by atoms with E-state index in [-0.39, 0.29) is 31.2 Å². The molecular formula is C20H18F4N2O6S. The van der Waals surface area contributed by atoms with Crippen molar-refractivity contribution in [3.63, 3.8) is 0 Å². The number of hydrogen-bond acceptors (Lipinski definition) is 6. The minimum Gasteiger partial charge on any atom is -0.452 e. The fraction of sp³-hybridized carbons (Fsp3) is 0.300. The molecule has 3 rings (SSSR count). The number of nitrogens with one attached hydrogen (secondary N) is 1. The maximum Gasteiger partial charge on any atom is 0.418 e. The molecule has 2 aromatic carbocycles. The van der Waals surface area contributed by atoms with Gasteiger partial charge < -0.3 is 14.8 Å². The molecule has 0 aliphatic carbocycles. The number of para-hydroxylation sites is 1. The van der Waals surface area contributed by atoms with Crippen LogP contribution in [0.4, 0.5) is 23.2 Å². The molecule has 0 spiro atoms. The van der Waals surface area contributed by atoms with E-state index in [2.05, 4.69) is 4.74 Å². The number of morpholine rings is 1. The number of carbonyl (C=O) groups excluding carboxylic acids is 2. The van der Waals surface area contributed by atoms with Crippen molar-refractivity contribution in [2.75, 3.05) is 38.2 Å². The summed E-state index contributed by atoms with van der Waals surface area (Å²) in [5, 5.41) is 1.97. The van der Waals surface area contributed by atoms with Crippen molar-refractivity contribution < 1.29 is 45.0 Å². The van der Waals surface area contributed by atoms with E-state index < -0.39 is 57.3 Å². The molecule has 0 radical (unpaired) electrons. The largest absolute Gasteiger partial charge is 0.452 e. The highest BCUT2D eigenvalue weighted by Crippen LogP contribution is 2.34. The Balaban J connectivity index is 1.70. The predicted molar refractivity (Wildman–Crippen MR) is 106 cm³/mol. The molecule has 33 heavy (non-hydrogen) atoms. The van der Waals surface area contributed by atoms with Gasteiger partial charge in [-0.1, -0.05) is 12.1 Å². The van der Waals surface area contributed by atoms with Crippen molar-refractivity contribution in [1.82, 2.24) is 4.31 Å². The lowest BCUT2D eigenvalue weighted by molar-refractivity contribution is -0.137. The van der Waals surface area contributed by atoms with Crippen LogP contribution >= 0.6 is 0 Å². The number of hydrogen-bond donors (Lipinski definition) is 1. The molecule has 178 valence electrons. The second-order valence-corrected chi connectivity index (χ2v) is 8.76. The second kappa shape index (κ2) is 9.85. The summed E-state index contributed by atoms with van der Waals surface area (Å²) in [6.07, 6.45) is -4.73. The van der Waals surface area contributed by atoms with Crippen LogP contribution in [-0.4, -0.2) is 57.5 Å². The van der Waals surface area contributed by atoms with E-state index in [9.17, 15) is 35.6 Å². The summed E-state index contributed by atoms with van der Waals surface area (Å²) >= 11 is 0. The van der Waals surface area contributed by atoms with Crippen LogP contribution in [0.1, 0.15) is 15.9 Å². The van der Waals surface area contributed by atoms with Gasteiger partial charge >= 0.3 is 12.1 Å². The summed E-state index contributed by atoms with van der Waals surface area (Å²) in [7, 11) is -4.03. The molecule has 0 aromatic heterocycles. The lowest BCUT2D eigenvalue weighted by Gasteiger charge is -2.26. The van der Waals surface area contributed by atoms with Crippen molar-refractivity contribution >= 4 is 27.6 Å². The standard InChI is InChI=1S/C20H18F4N2O6S/c21-16-6-5-13(33(29,30)26-7-9-31-10-8-26)11-14(16)19(28)32-12-18(27)25-17-4-2-1-3-15(17)20(22,23)24/h1-6,11H,7-10,12H2,(H,25,27). The number of alkyl halides is 3. The molecular weight excluding hydrogens is 472 g/mol. The van der Waals surface area contributed by atoms with Gasteiger partial charge in [-0.15, -0.1) is 0 Å².